The van der Waals surface area contributed by atoms with Crippen LogP contribution in [0.2, 0.25) is 10.0 Å². The van der Waals surface area contributed by atoms with Crippen LogP contribution in [0.25, 0.3) is 5.76 Å². The Morgan fingerprint density at radius 3 is 2.29 bits per heavy atom. The van der Waals surface area contributed by atoms with Crippen molar-refractivity contribution in [2.75, 3.05) is 19.1 Å². The van der Waals surface area contributed by atoms with Crippen molar-refractivity contribution in [3.63, 3.8) is 0 Å². The lowest BCUT2D eigenvalue weighted by Gasteiger charge is -2.26. The molecule has 1 saturated heterocycles. The number of methoxy groups -OCH3 is 2. The van der Waals surface area contributed by atoms with Crippen LogP contribution < -0.4 is 14.4 Å². The van der Waals surface area contributed by atoms with Gasteiger partial charge in [0.2, 0.25) is 0 Å². The Morgan fingerprint density at radius 2 is 1.62 bits per heavy atom. The molecule has 1 N–H and O–H groups in total. The number of carbonyl (C=O) groups is 2. The highest BCUT2D eigenvalue weighted by Gasteiger charge is 2.47. The standard InChI is InChI=1S/C26H21Cl2NO5/c1-14-7-8-16(12-21(14)28)29-23(15-5-4-6-17(11-15)33-2)22(25(31)26(29)32)24(30)19-13-18(34-3)9-10-20(19)27/h4-13,23,30H,1-3H3/b24-22+. The topological polar surface area (TPSA) is 76.1 Å². The van der Waals surface area contributed by atoms with Gasteiger partial charge in [-0.25, -0.2) is 0 Å². The minimum Gasteiger partial charge on any atom is -0.507 e. The fourth-order valence-electron chi connectivity index (χ4n) is 3.92. The van der Waals surface area contributed by atoms with Gasteiger partial charge in [0.1, 0.15) is 17.3 Å². The SMILES string of the molecule is COc1cccc(C2/C(=C(\O)c3cc(OC)ccc3Cl)C(=O)C(=O)N2c2ccc(C)c(Cl)c2)c1. The number of rotatable bonds is 5. The van der Waals surface area contributed by atoms with Gasteiger partial charge in [0.05, 0.1) is 30.9 Å². The van der Waals surface area contributed by atoms with Crippen LogP contribution in [0.3, 0.4) is 0 Å². The van der Waals surface area contributed by atoms with Gasteiger partial charge in [0.15, 0.2) is 0 Å². The number of hydrogen-bond acceptors (Lipinski definition) is 5. The van der Waals surface area contributed by atoms with E-state index in [1.54, 1.807) is 54.6 Å². The average Bonchev–Trinajstić information content (AvgIpc) is 3.11. The van der Waals surface area contributed by atoms with E-state index in [4.69, 9.17) is 32.7 Å². The molecule has 3 aromatic rings. The number of ether oxygens (including phenoxy) is 2. The van der Waals surface area contributed by atoms with Crippen molar-refractivity contribution in [2.45, 2.75) is 13.0 Å². The second-order valence-corrected chi connectivity index (χ2v) is 8.54. The number of aliphatic hydroxyl groups excluding tert-OH is 1. The molecular weight excluding hydrogens is 477 g/mol. The van der Waals surface area contributed by atoms with Crippen molar-refractivity contribution in [2.24, 2.45) is 0 Å². The van der Waals surface area contributed by atoms with Gasteiger partial charge in [0, 0.05) is 16.3 Å². The van der Waals surface area contributed by atoms with E-state index < -0.39 is 23.5 Å². The maximum Gasteiger partial charge on any atom is 0.300 e. The van der Waals surface area contributed by atoms with E-state index in [0.29, 0.717) is 27.8 Å². The Kier molecular flexibility index (Phi) is 6.55. The molecule has 0 radical (unpaired) electrons. The van der Waals surface area contributed by atoms with Crippen molar-refractivity contribution >= 4 is 46.3 Å². The Labute approximate surface area is 206 Å². The largest absolute Gasteiger partial charge is 0.507 e. The second kappa shape index (κ2) is 9.41. The molecule has 0 bridgehead atoms. The molecular formula is C26H21Cl2NO5. The summed E-state index contributed by atoms with van der Waals surface area (Å²) < 4.78 is 10.6. The van der Waals surface area contributed by atoms with Crippen LogP contribution >= 0.6 is 23.2 Å². The normalized spacial score (nSPS) is 17.2. The first-order valence-corrected chi connectivity index (χ1v) is 11.1. The maximum absolute atomic E-state index is 13.3. The Bertz CT molecular complexity index is 1330. The lowest BCUT2D eigenvalue weighted by molar-refractivity contribution is -0.132. The van der Waals surface area contributed by atoms with Crippen molar-refractivity contribution in [1.29, 1.82) is 0 Å². The van der Waals surface area contributed by atoms with Crippen molar-refractivity contribution in [3.05, 3.63) is 93.0 Å². The number of anilines is 1. The Balaban J connectivity index is 1.99. The first-order valence-electron chi connectivity index (χ1n) is 10.3. The van der Waals surface area contributed by atoms with Crippen LogP contribution in [-0.2, 0) is 9.59 Å². The van der Waals surface area contributed by atoms with Gasteiger partial charge in [-0.15, -0.1) is 0 Å². The molecule has 1 heterocycles. The molecule has 0 aliphatic carbocycles. The zero-order valence-electron chi connectivity index (χ0n) is 18.6. The fourth-order valence-corrected chi connectivity index (χ4v) is 4.30. The van der Waals surface area contributed by atoms with Crippen LogP contribution in [0.1, 0.15) is 22.7 Å². The van der Waals surface area contributed by atoms with Crippen molar-refractivity contribution < 1.29 is 24.2 Å². The summed E-state index contributed by atoms with van der Waals surface area (Å²) in [7, 11) is 3.00. The molecule has 1 fully saturated rings. The molecule has 3 aromatic carbocycles. The zero-order valence-corrected chi connectivity index (χ0v) is 20.1. The van der Waals surface area contributed by atoms with E-state index in [1.165, 1.54) is 25.2 Å². The van der Waals surface area contributed by atoms with Gasteiger partial charge in [-0.2, -0.15) is 0 Å². The smallest absolute Gasteiger partial charge is 0.300 e. The highest BCUT2D eigenvalue weighted by molar-refractivity contribution is 6.52. The summed E-state index contributed by atoms with van der Waals surface area (Å²) in [4.78, 5) is 27.9. The molecule has 34 heavy (non-hydrogen) atoms. The minimum atomic E-state index is -0.948. The van der Waals surface area contributed by atoms with Crippen LogP contribution in [0.4, 0.5) is 5.69 Å². The predicted molar refractivity (Wildman–Crippen MR) is 132 cm³/mol. The number of aryl methyl sites for hydroxylation is 1. The van der Waals surface area contributed by atoms with Gasteiger partial charge < -0.3 is 14.6 Å². The zero-order chi connectivity index (χ0) is 24.6. The van der Waals surface area contributed by atoms with Crippen LogP contribution in [-0.4, -0.2) is 31.0 Å². The fraction of sp³-hybridized carbons (Fsp3) is 0.154. The van der Waals surface area contributed by atoms with Gasteiger partial charge in [-0.05, 0) is 60.5 Å². The second-order valence-electron chi connectivity index (χ2n) is 7.72. The quantitative estimate of drug-likeness (QED) is 0.268. The summed E-state index contributed by atoms with van der Waals surface area (Å²) in [5, 5.41) is 12.0. The van der Waals surface area contributed by atoms with E-state index in [9.17, 15) is 14.7 Å². The number of halogens is 2. The number of hydrogen-bond donors (Lipinski definition) is 1. The molecule has 0 spiro atoms. The van der Waals surface area contributed by atoms with Crippen LogP contribution in [0, 0.1) is 6.92 Å². The molecule has 0 saturated carbocycles. The molecule has 1 atom stereocenters. The molecule has 8 heteroatoms. The summed E-state index contributed by atoms with van der Waals surface area (Å²) in [6.45, 7) is 1.84. The number of Topliss-reactive ketones (excluding diaryl/α,β-unsaturated/α-hetero) is 1. The number of aliphatic hydroxyl groups is 1. The maximum atomic E-state index is 13.3. The molecule has 4 rings (SSSR count). The van der Waals surface area contributed by atoms with E-state index in [0.717, 1.165) is 5.56 Å². The summed E-state index contributed by atoms with van der Waals surface area (Å²) in [5.41, 5.74) is 1.87. The summed E-state index contributed by atoms with van der Waals surface area (Å²) in [6, 6.07) is 15.8. The number of carbonyl (C=O) groups excluding carboxylic acids is 2. The third-order valence-electron chi connectivity index (χ3n) is 5.72. The van der Waals surface area contributed by atoms with E-state index >= 15 is 0 Å². The van der Waals surface area contributed by atoms with Gasteiger partial charge in [-0.3, -0.25) is 14.5 Å². The third-order valence-corrected chi connectivity index (χ3v) is 6.45. The molecule has 0 aromatic heterocycles. The molecule has 6 nitrogen and oxygen atoms in total. The molecule has 174 valence electrons. The summed E-state index contributed by atoms with van der Waals surface area (Å²) >= 11 is 12.7. The first kappa shape index (κ1) is 23.7. The number of benzene rings is 3. The molecule has 1 aliphatic heterocycles. The monoisotopic (exact) mass is 497 g/mol. The Hall–Kier alpha value is -3.48. The highest BCUT2D eigenvalue weighted by Crippen LogP contribution is 2.44. The highest BCUT2D eigenvalue weighted by atomic mass is 35.5. The molecule has 1 aliphatic rings. The molecule has 1 unspecified atom stereocenters. The summed E-state index contributed by atoms with van der Waals surface area (Å²) in [6.07, 6.45) is 0. The van der Waals surface area contributed by atoms with Gasteiger partial charge >= 0.3 is 0 Å². The van der Waals surface area contributed by atoms with Gasteiger partial charge in [-0.1, -0.05) is 41.4 Å². The number of ketones is 1. The first-order chi connectivity index (χ1) is 16.3. The molecule has 1 amide bonds. The Morgan fingerprint density at radius 1 is 0.912 bits per heavy atom. The average molecular weight is 498 g/mol. The lowest BCUT2D eigenvalue weighted by Crippen LogP contribution is -2.29. The third kappa shape index (κ3) is 4.11. The van der Waals surface area contributed by atoms with Crippen LogP contribution in [0.5, 0.6) is 11.5 Å². The van der Waals surface area contributed by atoms with Crippen molar-refractivity contribution in [3.8, 4) is 11.5 Å². The van der Waals surface area contributed by atoms with Crippen molar-refractivity contribution in [1.82, 2.24) is 0 Å². The van der Waals surface area contributed by atoms with E-state index in [2.05, 4.69) is 0 Å². The summed E-state index contributed by atoms with van der Waals surface area (Å²) in [5.74, 6) is -1.09. The van der Waals surface area contributed by atoms with E-state index in [1.807, 2.05) is 6.92 Å². The van der Waals surface area contributed by atoms with Gasteiger partial charge in [0.25, 0.3) is 11.7 Å². The lowest BCUT2D eigenvalue weighted by atomic mass is 9.94. The van der Waals surface area contributed by atoms with Crippen LogP contribution in [0.15, 0.2) is 66.2 Å². The van der Waals surface area contributed by atoms with E-state index in [-0.39, 0.29) is 16.2 Å². The minimum absolute atomic E-state index is 0.106. The predicted octanol–water partition coefficient (Wildman–Crippen LogP) is 5.95. The number of amides is 1. The number of nitrogens with zero attached hydrogens (tertiary/aromatic N) is 1.